The van der Waals surface area contributed by atoms with Crippen LogP contribution in [0.4, 0.5) is 0 Å². The molecule has 2 aromatic heterocycles. The average molecular weight is 335 g/mol. The molecule has 1 unspecified atom stereocenters. The third kappa shape index (κ3) is 3.07. The van der Waals surface area contributed by atoms with E-state index in [0.717, 1.165) is 43.1 Å². The van der Waals surface area contributed by atoms with Crippen molar-refractivity contribution in [3.05, 3.63) is 66.0 Å². The topological polar surface area (TPSA) is 64.7 Å². The number of benzene rings is 1. The molecular formula is C19H21N5O. The number of amides is 1. The first kappa shape index (κ1) is 15.6. The minimum absolute atomic E-state index is 0.0337. The summed E-state index contributed by atoms with van der Waals surface area (Å²) >= 11 is 0. The normalized spacial score (nSPS) is 16.4. The van der Waals surface area contributed by atoms with Crippen molar-refractivity contribution in [1.29, 1.82) is 0 Å². The lowest BCUT2D eigenvalue weighted by atomic mass is 10.1. The summed E-state index contributed by atoms with van der Waals surface area (Å²) in [7, 11) is 0. The van der Waals surface area contributed by atoms with E-state index >= 15 is 0 Å². The predicted octanol–water partition coefficient (Wildman–Crippen LogP) is 2.38. The Labute approximate surface area is 146 Å². The van der Waals surface area contributed by atoms with Crippen LogP contribution in [0.5, 0.6) is 0 Å². The number of carbonyl (C=O) groups is 1. The molecule has 4 rings (SSSR count). The number of aryl methyl sites for hydroxylation is 2. The Morgan fingerprint density at radius 2 is 2.08 bits per heavy atom. The Morgan fingerprint density at radius 3 is 2.88 bits per heavy atom. The van der Waals surface area contributed by atoms with E-state index in [-0.39, 0.29) is 11.9 Å². The van der Waals surface area contributed by atoms with Gasteiger partial charge in [0.05, 0.1) is 0 Å². The molecule has 3 aromatic rings. The van der Waals surface area contributed by atoms with Crippen LogP contribution in [0.1, 0.15) is 35.4 Å². The number of hydrogen-bond acceptors (Lipinski definition) is 3. The molecule has 25 heavy (non-hydrogen) atoms. The summed E-state index contributed by atoms with van der Waals surface area (Å²) in [6, 6.07) is 11.7. The number of carbonyl (C=O) groups excluding carboxylic acids is 1. The standard InChI is InChI=1S/C19H21N5O/c1-2-17-21-22-18-9-8-15(13-24(17)18)20-19(25)14-6-5-7-16(12-14)23-10-3-4-11-23/h3-7,10-12,15H,2,8-9,13H2,1H3,(H,20,25). The van der Waals surface area contributed by atoms with Crippen LogP contribution in [0.15, 0.2) is 48.8 Å². The summed E-state index contributed by atoms with van der Waals surface area (Å²) < 4.78 is 4.14. The Bertz CT molecular complexity index is 868. The zero-order valence-corrected chi connectivity index (χ0v) is 14.2. The Kier molecular flexibility index (Phi) is 4.09. The molecule has 0 aliphatic carbocycles. The molecule has 6 heteroatoms. The fraction of sp³-hybridized carbons (Fsp3) is 0.316. The maximum Gasteiger partial charge on any atom is 0.251 e. The van der Waals surface area contributed by atoms with Crippen LogP contribution in [0, 0.1) is 0 Å². The lowest BCUT2D eigenvalue weighted by Crippen LogP contribution is -2.41. The highest BCUT2D eigenvalue weighted by Gasteiger charge is 2.23. The summed E-state index contributed by atoms with van der Waals surface area (Å²) in [6.07, 6.45) is 6.54. The van der Waals surface area contributed by atoms with Gasteiger partial charge in [-0.1, -0.05) is 13.0 Å². The van der Waals surface area contributed by atoms with Crippen molar-refractivity contribution in [2.75, 3.05) is 0 Å². The fourth-order valence-corrected chi connectivity index (χ4v) is 3.35. The maximum absolute atomic E-state index is 12.7. The summed E-state index contributed by atoms with van der Waals surface area (Å²) in [6.45, 7) is 2.82. The van der Waals surface area contributed by atoms with Gasteiger partial charge in [-0.25, -0.2) is 0 Å². The van der Waals surface area contributed by atoms with E-state index in [0.29, 0.717) is 5.56 Å². The fourth-order valence-electron chi connectivity index (χ4n) is 3.35. The molecule has 0 bridgehead atoms. The molecule has 0 fully saturated rings. The molecule has 1 amide bonds. The maximum atomic E-state index is 12.7. The highest BCUT2D eigenvalue weighted by Crippen LogP contribution is 2.17. The first-order valence-electron chi connectivity index (χ1n) is 8.70. The second-order valence-corrected chi connectivity index (χ2v) is 6.35. The molecular weight excluding hydrogens is 314 g/mol. The molecule has 1 aromatic carbocycles. The number of hydrogen-bond donors (Lipinski definition) is 1. The minimum Gasteiger partial charge on any atom is -0.347 e. The molecule has 1 N–H and O–H groups in total. The molecule has 1 aliphatic rings. The SMILES string of the molecule is CCc1nnc2n1CC(NC(=O)c1cccc(-n3cccc3)c1)CC2. The first-order chi connectivity index (χ1) is 12.2. The lowest BCUT2D eigenvalue weighted by Gasteiger charge is -2.25. The quantitative estimate of drug-likeness (QED) is 0.796. The van der Waals surface area contributed by atoms with E-state index in [1.165, 1.54) is 0 Å². The van der Waals surface area contributed by atoms with Crippen LogP contribution in [-0.4, -0.2) is 31.3 Å². The van der Waals surface area contributed by atoms with Gasteiger partial charge in [-0.2, -0.15) is 0 Å². The number of fused-ring (bicyclic) bond motifs is 1. The van der Waals surface area contributed by atoms with Crippen molar-refractivity contribution in [3.63, 3.8) is 0 Å². The Morgan fingerprint density at radius 1 is 1.24 bits per heavy atom. The molecule has 0 saturated carbocycles. The van der Waals surface area contributed by atoms with E-state index in [2.05, 4.69) is 27.0 Å². The number of nitrogens with zero attached hydrogens (tertiary/aromatic N) is 4. The number of aromatic nitrogens is 4. The van der Waals surface area contributed by atoms with Gasteiger partial charge in [0.25, 0.3) is 5.91 Å². The molecule has 128 valence electrons. The van der Waals surface area contributed by atoms with E-state index < -0.39 is 0 Å². The lowest BCUT2D eigenvalue weighted by molar-refractivity contribution is 0.0927. The van der Waals surface area contributed by atoms with Crippen LogP contribution >= 0.6 is 0 Å². The van der Waals surface area contributed by atoms with E-state index in [1.807, 2.05) is 53.4 Å². The molecule has 0 saturated heterocycles. The van der Waals surface area contributed by atoms with Crippen LogP contribution in [0.25, 0.3) is 5.69 Å². The number of rotatable bonds is 4. The smallest absolute Gasteiger partial charge is 0.251 e. The first-order valence-corrected chi connectivity index (χ1v) is 8.70. The molecule has 1 aliphatic heterocycles. The molecule has 1 atom stereocenters. The third-order valence-electron chi connectivity index (χ3n) is 4.69. The van der Waals surface area contributed by atoms with Gasteiger partial charge >= 0.3 is 0 Å². The van der Waals surface area contributed by atoms with Crippen molar-refractivity contribution >= 4 is 5.91 Å². The van der Waals surface area contributed by atoms with E-state index in [9.17, 15) is 4.79 Å². The molecule has 0 spiro atoms. The van der Waals surface area contributed by atoms with Crippen LogP contribution < -0.4 is 5.32 Å². The van der Waals surface area contributed by atoms with Gasteiger partial charge < -0.3 is 14.5 Å². The van der Waals surface area contributed by atoms with E-state index in [4.69, 9.17) is 0 Å². The van der Waals surface area contributed by atoms with Crippen LogP contribution in [0.3, 0.4) is 0 Å². The van der Waals surface area contributed by atoms with Crippen molar-refractivity contribution in [3.8, 4) is 5.69 Å². The van der Waals surface area contributed by atoms with Gasteiger partial charge in [-0.15, -0.1) is 10.2 Å². The van der Waals surface area contributed by atoms with Crippen LogP contribution in [-0.2, 0) is 19.4 Å². The number of nitrogens with one attached hydrogen (secondary N) is 1. The van der Waals surface area contributed by atoms with Crippen molar-refractivity contribution in [2.45, 2.75) is 38.8 Å². The molecule has 0 radical (unpaired) electrons. The summed E-state index contributed by atoms with van der Waals surface area (Å²) in [5, 5.41) is 11.6. The average Bonchev–Trinajstić information content (AvgIpc) is 3.31. The van der Waals surface area contributed by atoms with Gasteiger partial charge in [0.15, 0.2) is 0 Å². The zero-order chi connectivity index (χ0) is 17.2. The summed E-state index contributed by atoms with van der Waals surface area (Å²) in [5.41, 5.74) is 1.66. The highest BCUT2D eigenvalue weighted by molar-refractivity contribution is 5.94. The second-order valence-electron chi connectivity index (χ2n) is 6.35. The second kappa shape index (κ2) is 6.55. The third-order valence-corrected chi connectivity index (χ3v) is 4.69. The Hall–Kier alpha value is -2.89. The largest absolute Gasteiger partial charge is 0.347 e. The molecule has 3 heterocycles. The van der Waals surface area contributed by atoms with Gasteiger partial charge in [0.1, 0.15) is 11.6 Å². The van der Waals surface area contributed by atoms with Crippen molar-refractivity contribution in [2.24, 2.45) is 0 Å². The predicted molar refractivity (Wildman–Crippen MR) is 94.7 cm³/mol. The van der Waals surface area contributed by atoms with Gasteiger partial charge in [0, 0.05) is 49.1 Å². The highest BCUT2D eigenvalue weighted by atomic mass is 16.1. The monoisotopic (exact) mass is 335 g/mol. The Balaban J connectivity index is 1.49. The van der Waals surface area contributed by atoms with E-state index in [1.54, 1.807) is 0 Å². The van der Waals surface area contributed by atoms with Crippen molar-refractivity contribution in [1.82, 2.24) is 24.6 Å². The summed E-state index contributed by atoms with van der Waals surface area (Å²) in [4.78, 5) is 12.7. The minimum atomic E-state index is -0.0337. The van der Waals surface area contributed by atoms with Gasteiger partial charge in [-0.05, 0) is 36.8 Å². The van der Waals surface area contributed by atoms with Crippen LogP contribution in [0.2, 0.25) is 0 Å². The van der Waals surface area contributed by atoms with Gasteiger partial charge in [0.2, 0.25) is 0 Å². The zero-order valence-electron chi connectivity index (χ0n) is 14.2. The van der Waals surface area contributed by atoms with Gasteiger partial charge in [-0.3, -0.25) is 4.79 Å². The van der Waals surface area contributed by atoms with Crippen molar-refractivity contribution < 1.29 is 4.79 Å². The summed E-state index contributed by atoms with van der Waals surface area (Å²) in [5.74, 6) is 1.98. The molecule has 6 nitrogen and oxygen atoms in total.